The summed E-state index contributed by atoms with van der Waals surface area (Å²) in [6, 6.07) is 4.70. The maximum absolute atomic E-state index is 13.8. The molecule has 0 bridgehead atoms. The van der Waals surface area contributed by atoms with E-state index in [1.807, 2.05) is 0 Å². The summed E-state index contributed by atoms with van der Waals surface area (Å²) >= 11 is 0. The summed E-state index contributed by atoms with van der Waals surface area (Å²) < 4.78 is 19.0. The van der Waals surface area contributed by atoms with Crippen molar-refractivity contribution in [1.29, 1.82) is 0 Å². The molecule has 2 unspecified atom stereocenters. The van der Waals surface area contributed by atoms with Crippen LogP contribution in [0, 0.1) is 5.82 Å². The number of halogens is 1. The van der Waals surface area contributed by atoms with Crippen LogP contribution in [0.25, 0.3) is 0 Å². The minimum atomic E-state index is -0.614. The Kier molecular flexibility index (Phi) is 4.50. The third-order valence-corrected chi connectivity index (χ3v) is 3.64. The minimum absolute atomic E-state index is 0.196. The van der Waals surface area contributed by atoms with E-state index in [1.54, 1.807) is 19.2 Å². The number of amides is 1. The lowest BCUT2D eigenvalue weighted by Crippen LogP contribution is -2.27. The number of methoxy groups -OCH3 is 1. The van der Waals surface area contributed by atoms with E-state index in [1.165, 1.54) is 6.07 Å². The van der Waals surface area contributed by atoms with Crippen molar-refractivity contribution in [3.63, 3.8) is 0 Å². The number of nitrogens with two attached hydrogens (primary N) is 1. The van der Waals surface area contributed by atoms with Crippen LogP contribution in [-0.4, -0.2) is 25.2 Å². The SMILES string of the molecule is COC1CCC(NCc2ccc(C(N)=O)cc2F)C1. The number of primary amides is 1. The average Bonchev–Trinajstić information content (AvgIpc) is 2.85. The van der Waals surface area contributed by atoms with Crippen molar-refractivity contribution in [2.75, 3.05) is 7.11 Å². The fourth-order valence-corrected chi connectivity index (χ4v) is 2.44. The van der Waals surface area contributed by atoms with E-state index < -0.39 is 11.7 Å². The van der Waals surface area contributed by atoms with Crippen LogP contribution in [0.2, 0.25) is 0 Å². The highest BCUT2D eigenvalue weighted by Crippen LogP contribution is 2.22. The molecule has 5 heteroatoms. The zero-order chi connectivity index (χ0) is 13.8. The number of nitrogens with one attached hydrogen (secondary N) is 1. The molecule has 0 saturated heterocycles. The van der Waals surface area contributed by atoms with Crippen molar-refractivity contribution in [2.24, 2.45) is 5.73 Å². The lowest BCUT2D eigenvalue weighted by atomic mass is 10.1. The number of benzene rings is 1. The fourth-order valence-electron chi connectivity index (χ4n) is 2.44. The van der Waals surface area contributed by atoms with Gasteiger partial charge >= 0.3 is 0 Å². The maximum Gasteiger partial charge on any atom is 0.248 e. The third kappa shape index (κ3) is 3.52. The van der Waals surface area contributed by atoms with E-state index in [2.05, 4.69) is 5.32 Å². The molecule has 0 heterocycles. The van der Waals surface area contributed by atoms with Crippen molar-refractivity contribution in [3.8, 4) is 0 Å². The summed E-state index contributed by atoms with van der Waals surface area (Å²) in [5.74, 6) is -1.01. The monoisotopic (exact) mass is 266 g/mol. The van der Waals surface area contributed by atoms with Crippen LogP contribution in [0.5, 0.6) is 0 Å². The van der Waals surface area contributed by atoms with Crippen molar-refractivity contribution in [3.05, 3.63) is 35.1 Å². The average molecular weight is 266 g/mol. The zero-order valence-electron chi connectivity index (χ0n) is 11.0. The van der Waals surface area contributed by atoms with Gasteiger partial charge in [-0.3, -0.25) is 4.79 Å². The number of ether oxygens (including phenoxy) is 1. The van der Waals surface area contributed by atoms with E-state index in [0.29, 0.717) is 24.3 Å². The molecule has 3 N–H and O–H groups in total. The lowest BCUT2D eigenvalue weighted by Gasteiger charge is -2.13. The van der Waals surface area contributed by atoms with Gasteiger partial charge in [-0.15, -0.1) is 0 Å². The van der Waals surface area contributed by atoms with Crippen LogP contribution < -0.4 is 11.1 Å². The minimum Gasteiger partial charge on any atom is -0.381 e. The molecule has 0 aromatic heterocycles. The standard InChI is InChI=1S/C14H19FN2O2/c1-19-12-5-4-11(7-12)17-8-10-3-2-9(14(16)18)6-13(10)15/h2-3,6,11-12,17H,4-5,7-8H2,1H3,(H2,16,18). The normalized spacial score (nSPS) is 22.6. The van der Waals surface area contributed by atoms with Gasteiger partial charge in [0.2, 0.25) is 5.91 Å². The van der Waals surface area contributed by atoms with Gasteiger partial charge in [0.1, 0.15) is 5.82 Å². The Morgan fingerprint density at radius 1 is 1.53 bits per heavy atom. The van der Waals surface area contributed by atoms with Crippen molar-refractivity contribution in [2.45, 2.75) is 38.0 Å². The predicted molar refractivity (Wildman–Crippen MR) is 70.2 cm³/mol. The first-order chi connectivity index (χ1) is 9.10. The van der Waals surface area contributed by atoms with Crippen LogP contribution >= 0.6 is 0 Å². The van der Waals surface area contributed by atoms with Crippen LogP contribution in [0.4, 0.5) is 4.39 Å². The van der Waals surface area contributed by atoms with Gasteiger partial charge in [-0.2, -0.15) is 0 Å². The third-order valence-electron chi connectivity index (χ3n) is 3.64. The molecule has 1 aliphatic rings. The summed E-state index contributed by atoms with van der Waals surface area (Å²) in [6.07, 6.45) is 3.34. The van der Waals surface area contributed by atoms with Crippen molar-refractivity contribution < 1.29 is 13.9 Å². The molecule has 1 aromatic rings. The van der Waals surface area contributed by atoms with Gasteiger partial charge in [-0.25, -0.2) is 4.39 Å². The molecule has 2 atom stereocenters. The quantitative estimate of drug-likeness (QED) is 0.850. The molecule has 1 fully saturated rings. The topological polar surface area (TPSA) is 64.3 Å². The molecule has 2 rings (SSSR count). The largest absolute Gasteiger partial charge is 0.381 e. The Hall–Kier alpha value is -1.46. The number of carbonyl (C=O) groups excluding carboxylic acids is 1. The molecular weight excluding hydrogens is 247 g/mol. The van der Waals surface area contributed by atoms with Crippen LogP contribution in [-0.2, 0) is 11.3 Å². The first-order valence-electron chi connectivity index (χ1n) is 6.44. The number of rotatable bonds is 5. The maximum atomic E-state index is 13.8. The zero-order valence-corrected chi connectivity index (χ0v) is 11.0. The number of hydrogen-bond acceptors (Lipinski definition) is 3. The van der Waals surface area contributed by atoms with Gasteiger partial charge in [-0.1, -0.05) is 6.07 Å². The summed E-state index contributed by atoms with van der Waals surface area (Å²) in [7, 11) is 1.72. The van der Waals surface area contributed by atoms with Gasteiger partial charge in [0.05, 0.1) is 6.10 Å². The first kappa shape index (κ1) is 14.0. The second kappa shape index (κ2) is 6.12. The van der Waals surface area contributed by atoms with Gasteiger partial charge in [0.15, 0.2) is 0 Å². The highest BCUT2D eigenvalue weighted by atomic mass is 19.1. The predicted octanol–water partition coefficient (Wildman–Crippen LogP) is 1.58. The summed E-state index contributed by atoms with van der Waals surface area (Å²) in [5.41, 5.74) is 5.84. The molecule has 1 amide bonds. The Morgan fingerprint density at radius 3 is 2.89 bits per heavy atom. The molecule has 0 radical (unpaired) electrons. The smallest absolute Gasteiger partial charge is 0.248 e. The second-order valence-corrected chi connectivity index (χ2v) is 4.92. The molecule has 1 aromatic carbocycles. The van der Waals surface area contributed by atoms with Gasteiger partial charge in [0.25, 0.3) is 0 Å². The molecule has 1 saturated carbocycles. The van der Waals surface area contributed by atoms with E-state index in [9.17, 15) is 9.18 Å². The molecule has 104 valence electrons. The van der Waals surface area contributed by atoms with E-state index in [0.717, 1.165) is 19.3 Å². The Morgan fingerprint density at radius 2 is 2.32 bits per heavy atom. The highest BCUT2D eigenvalue weighted by molar-refractivity contribution is 5.92. The summed E-state index contributed by atoms with van der Waals surface area (Å²) in [6.45, 7) is 0.450. The lowest BCUT2D eigenvalue weighted by molar-refractivity contribution is 0.0999. The van der Waals surface area contributed by atoms with Gasteiger partial charge in [-0.05, 0) is 31.4 Å². The molecular formula is C14H19FN2O2. The van der Waals surface area contributed by atoms with E-state index in [4.69, 9.17) is 10.5 Å². The van der Waals surface area contributed by atoms with Gasteiger partial charge in [0, 0.05) is 30.8 Å². The van der Waals surface area contributed by atoms with Crippen LogP contribution in [0.3, 0.4) is 0 Å². The number of carbonyl (C=O) groups is 1. The molecule has 1 aliphatic carbocycles. The summed E-state index contributed by atoms with van der Waals surface area (Å²) in [4.78, 5) is 10.9. The number of hydrogen-bond donors (Lipinski definition) is 2. The second-order valence-electron chi connectivity index (χ2n) is 4.92. The van der Waals surface area contributed by atoms with Crippen LogP contribution in [0.15, 0.2) is 18.2 Å². The summed E-state index contributed by atoms with van der Waals surface area (Å²) in [5, 5.41) is 3.32. The van der Waals surface area contributed by atoms with Crippen molar-refractivity contribution >= 4 is 5.91 Å². The first-order valence-corrected chi connectivity index (χ1v) is 6.44. The fraction of sp³-hybridized carbons (Fsp3) is 0.500. The van der Waals surface area contributed by atoms with E-state index >= 15 is 0 Å². The Bertz CT molecular complexity index is 465. The molecule has 19 heavy (non-hydrogen) atoms. The molecule has 0 aliphatic heterocycles. The van der Waals surface area contributed by atoms with Crippen LogP contribution in [0.1, 0.15) is 35.2 Å². The van der Waals surface area contributed by atoms with Gasteiger partial charge < -0.3 is 15.8 Å². The highest BCUT2D eigenvalue weighted by Gasteiger charge is 2.23. The molecule has 0 spiro atoms. The van der Waals surface area contributed by atoms with E-state index in [-0.39, 0.29) is 5.56 Å². The Labute approximate surface area is 112 Å². The van der Waals surface area contributed by atoms with Crippen molar-refractivity contribution in [1.82, 2.24) is 5.32 Å². The Balaban J connectivity index is 1.91. The molecule has 4 nitrogen and oxygen atoms in total.